The number of aromatic hydroxyl groups is 1. The maximum Gasteiger partial charge on any atom is 0.165 e. The van der Waals surface area contributed by atoms with Gasteiger partial charge in [0.15, 0.2) is 17.7 Å². The van der Waals surface area contributed by atoms with Crippen molar-refractivity contribution in [1.82, 2.24) is 20.3 Å². The fraction of sp³-hybridized carbons (Fsp3) is 0.333. The molecule has 1 fully saturated rings. The monoisotopic (exact) mass is 435 g/mol. The maximum atomic E-state index is 13.8. The molecule has 0 aliphatic carbocycles. The molecule has 2 aromatic heterocycles. The number of aliphatic imine (C=N–C) groups is 1. The van der Waals surface area contributed by atoms with Crippen LogP contribution in [-0.4, -0.2) is 46.2 Å². The van der Waals surface area contributed by atoms with E-state index in [0.717, 1.165) is 59.8 Å². The third-order valence-electron chi connectivity index (χ3n) is 6.03. The van der Waals surface area contributed by atoms with Gasteiger partial charge in [0, 0.05) is 30.9 Å². The van der Waals surface area contributed by atoms with Crippen molar-refractivity contribution in [3.05, 3.63) is 65.2 Å². The molecule has 1 aromatic carbocycles. The molecule has 3 aromatic rings. The standard InChI is InChI=1S/C24H26FN5O2/c1-14-3-4-18(25)24(31)23(14)15(2)32-30-10-8-20-22(30)6-5-19(29-20)21-11-17(28-21)13-27-16-7-9-26-12-16/h3-6,8,10-11,15-16,26-27,31H,7,9,12-13H2,1-2H3. The first kappa shape index (κ1) is 20.7. The number of benzene rings is 1. The Kier molecular flexibility index (Phi) is 5.40. The number of rotatable bonds is 7. The highest BCUT2D eigenvalue weighted by Gasteiger charge is 2.21. The van der Waals surface area contributed by atoms with Gasteiger partial charge in [-0.1, -0.05) is 6.07 Å². The summed E-state index contributed by atoms with van der Waals surface area (Å²) in [4.78, 5) is 15.3. The maximum absolute atomic E-state index is 13.8. The van der Waals surface area contributed by atoms with Gasteiger partial charge in [-0.3, -0.25) is 0 Å². The van der Waals surface area contributed by atoms with Gasteiger partial charge in [0.25, 0.3) is 0 Å². The Labute approximate surface area is 185 Å². The van der Waals surface area contributed by atoms with Crippen molar-refractivity contribution in [2.75, 3.05) is 19.6 Å². The van der Waals surface area contributed by atoms with E-state index in [2.05, 4.69) is 21.7 Å². The van der Waals surface area contributed by atoms with Crippen molar-refractivity contribution < 1.29 is 14.3 Å². The van der Waals surface area contributed by atoms with E-state index >= 15 is 0 Å². The Hall–Kier alpha value is -3.23. The highest BCUT2D eigenvalue weighted by Crippen LogP contribution is 2.31. The van der Waals surface area contributed by atoms with E-state index in [1.165, 1.54) is 6.07 Å². The highest BCUT2D eigenvalue weighted by molar-refractivity contribution is 6.11. The number of hydrogen-bond donors (Lipinski definition) is 3. The zero-order valence-corrected chi connectivity index (χ0v) is 18.1. The van der Waals surface area contributed by atoms with Crippen LogP contribution < -0.4 is 15.5 Å². The molecule has 5 rings (SSSR count). The third-order valence-corrected chi connectivity index (χ3v) is 6.03. The fourth-order valence-corrected chi connectivity index (χ4v) is 4.26. The summed E-state index contributed by atoms with van der Waals surface area (Å²) in [6.07, 6.45) is 4.44. The second-order valence-corrected chi connectivity index (χ2v) is 8.32. The number of nitrogens with zero attached hydrogens (tertiary/aromatic N) is 3. The summed E-state index contributed by atoms with van der Waals surface area (Å²) >= 11 is 0. The summed E-state index contributed by atoms with van der Waals surface area (Å²) in [5, 5.41) is 17.0. The van der Waals surface area contributed by atoms with Gasteiger partial charge in [0.1, 0.15) is 5.52 Å². The van der Waals surface area contributed by atoms with Crippen molar-refractivity contribution in [3.8, 4) is 5.75 Å². The van der Waals surface area contributed by atoms with Gasteiger partial charge < -0.3 is 20.6 Å². The molecule has 32 heavy (non-hydrogen) atoms. The summed E-state index contributed by atoms with van der Waals surface area (Å²) in [5.74, 6) is -1.04. The summed E-state index contributed by atoms with van der Waals surface area (Å²) < 4.78 is 15.4. The highest BCUT2D eigenvalue weighted by atomic mass is 19.1. The molecule has 3 N–H and O–H groups in total. The summed E-state index contributed by atoms with van der Waals surface area (Å²) in [5.41, 5.74) is 5.47. The van der Waals surface area contributed by atoms with Crippen molar-refractivity contribution >= 4 is 22.4 Å². The Balaban J connectivity index is 1.28. The SMILES string of the molecule is Cc1ccc(F)c(O)c1C(C)On1ccc2nc(C3=CC(CNC4CCNC4)=N3)ccc21. The van der Waals surface area contributed by atoms with E-state index in [1.54, 1.807) is 23.9 Å². The van der Waals surface area contributed by atoms with Crippen LogP contribution in [0.25, 0.3) is 16.7 Å². The van der Waals surface area contributed by atoms with E-state index in [0.29, 0.717) is 11.6 Å². The van der Waals surface area contributed by atoms with Crippen LogP contribution in [0.5, 0.6) is 5.75 Å². The van der Waals surface area contributed by atoms with E-state index in [1.807, 2.05) is 25.1 Å². The van der Waals surface area contributed by atoms with Gasteiger partial charge in [-0.25, -0.2) is 14.4 Å². The van der Waals surface area contributed by atoms with Crippen molar-refractivity contribution in [2.24, 2.45) is 4.99 Å². The minimum absolute atomic E-state index is 0.376. The van der Waals surface area contributed by atoms with Crippen LogP contribution in [0.2, 0.25) is 0 Å². The molecule has 0 radical (unpaired) electrons. The predicted molar refractivity (Wildman–Crippen MR) is 122 cm³/mol. The third kappa shape index (κ3) is 3.87. The van der Waals surface area contributed by atoms with E-state index < -0.39 is 11.9 Å². The van der Waals surface area contributed by atoms with E-state index in [9.17, 15) is 9.50 Å². The summed E-state index contributed by atoms with van der Waals surface area (Å²) in [6.45, 7) is 6.45. The van der Waals surface area contributed by atoms with Gasteiger partial charge in [-0.15, -0.1) is 0 Å². The Bertz CT molecular complexity index is 1230. The lowest BCUT2D eigenvalue weighted by molar-refractivity contribution is 0.0540. The van der Waals surface area contributed by atoms with Gasteiger partial charge >= 0.3 is 0 Å². The fourth-order valence-electron chi connectivity index (χ4n) is 4.26. The van der Waals surface area contributed by atoms with Crippen molar-refractivity contribution in [2.45, 2.75) is 32.4 Å². The number of hydrogen-bond acceptors (Lipinski definition) is 6. The molecule has 2 unspecified atom stereocenters. The number of fused-ring (bicyclic) bond motifs is 1. The van der Waals surface area contributed by atoms with E-state index in [-0.39, 0.29) is 5.75 Å². The molecular weight excluding hydrogens is 409 g/mol. The van der Waals surface area contributed by atoms with Crippen LogP contribution in [-0.2, 0) is 0 Å². The van der Waals surface area contributed by atoms with Crippen LogP contribution in [0.3, 0.4) is 0 Å². The molecule has 2 aliphatic rings. The van der Waals surface area contributed by atoms with Crippen LogP contribution in [0, 0.1) is 12.7 Å². The molecule has 2 aliphatic heterocycles. The normalized spacial score (nSPS) is 18.9. The van der Waals surface area contributed by atoms with E-state index in [4.69, 9.17) is 9.82 Å². The lowest BCUT2D eigenvalue weighted by Crippen LogP contribution is -2.35. The minimum atomic E-state index is -0.659. The Morgan fingerprint density at radius 1 is 1.31 bits per heavy atom. The molecule has 1 saturated heterocycles. The van der Waals surface area contributed by atoms with Crippen LogP contribution in [0.15, 0.2) is 47.6 Å². The summed E-state index contributed by atoms with van der Waals surface area (Å²) in [7, 11) is 0. The number of phenols is 1. The first-order valence-electron chi connectivity index (χ1n) is 10.9. The second-order valence-electron chi connectivity index (χ2n) is 8.32. The Morgan fingerprint density at radius 2 is 2.16 bits per heavy atom. The van der Waals surface area contributed by atoms with Gasteiger partial charge in [-0.2, -0.15) is 4.73 Å². The number of phenolic OH excluding ortho intramolecular Hbond substituents is 1. The lowest BCUT2D eigenvalue weighted by Gasteiger charge is -2.19. The topological polar surface area (TPSA) is 83.7 Å². The molecule has 0 spiro atoms. The van der Waals surface area contributed by atoms with Crippen LogP contribution in [0.1, 0.15) is 36.3 Å². The quantitative estimate of drug-likeness (QED) is 0.531. The van der Waals surface area contributed by atoms with Crippen LogP contribution in [0.4, 0.5) is 4.39 Å². The van der Waals surface area contributed by atoms with Crippen molar-refractivity contribution in [1.29, 1.82) is 0 Å². The molecule has 0 bridgehead atoms. The van der Waals surface area contributed by atoms with Crippen LogP contribution >= 0.6 is 0 Å². The molecule has 4 heterocycles. The zero-order valence-electron chi connectivity index (χ0n) is 18.1. The molecule has 7 nitrogen and oxygen atoms in total. The number of nitrogens with one attached hydrogen (secondary N) is 2. The van der Waals surface area contributed by atoms with Gasteiger partial charge in [0.05, 0.1) is 22.6 Å². The first-order valence-corrected chi connectivity index (χ1v) is 10.9. The second kappa shape index (κ2) is 8.37. The number of aromatic nitrogens is 2. The zero-order chi connectivity index (χ0) is 22.2. The minimum Gasteiger partial charge on any atom is -0.505 e. The molecule has 166 valence electrons. The van der Waals surface area contributed by atoms with Gasteiger partial charge in [0.2, 0.25) is 0 Å². The van der Waals surface area contributed by atoms with Crippen molar-refractivity contribution in [3.63, 3.8) is 0 Å². The Morgan fingerprint density at radius 3 is 2.94 bits per heavy atom. The van der Waals surface area contributed by atoms with Gasteiger partial charge in [-0.05, 0) is 62.7 Å². The average molecular weight is 436 g/mol. The summed E-state index contributed by atoms with van der Waals surface area (Å²) in [6, 6.07) is 9.11. The molecule has 0 saturated carbocycles. The largest absolute Gasteiger partial charge is 0.505 e. The first-order chi connectivity index (χ1) is 15.5. The smallest absolute Gasteiger partial charge is 0.165 e. The average Bonchev–Trinajstić information content (AvgIpc) is 3.40. The number of aryl methyl sites for hydroxylation is 1. The predicted octanol–water partition coefficient (Wildman–Crippen LogP) is 3.13. The molecule has 8 heteroatoms. The lowest BCUT2D eigenvalue weighted by atomic mass is 10.0. The molecular formula is C24H26FN5O2. The number of pyridine rings is 1. The molecule has 0 amide bonds. The molecule has 2 atom stereocenters. The number of halogens is 1.